The van der Waals surface area contributed by atoms with E-state index >= 15 is 0 Å². The van der Waals surface area contributed by atoms with E-state index in [1.165, 1.54) is 0 Å². The van der Waals surface area contributed by atoms with Crippen molar-refractivity contribution in [3.63, 3.8) is 0 Å². The Hall–Kier alpha value is -4.57. The first-order valence-corrected chi connectivity index (χ1v) is 15.7. The van der Waals surface area contributed by atoms with Crippen LogP contribution < -0.4 is 25.0 Å². The van der Waals surface area contributed by atoms with Crippen molar-refractivity contribution in [2.24, 2.45) is 0 Å². The molecule has 236 valence electrons. The normalized spacial score (nSPS) is 16.7. The predicted octanol–water partition coefficient (Wildman–Crippen LogP) is 4.36. The average molecular weight is 612 g/mol. The van der Waals surface area contributed by atoms with Gasteiger partial charge in [-0.15, -0.1) is 0 Å². The summed E-state index contributed by atoms with van der Waals surface area (Å²) in [7, 11) is 0. The summed E-state index contributed by atoms with van der Waals surface area (Å²) in [4.78, 5) is 46.3. The molecule has 0 unspecified atom stereocenters. The van der Waals surface area contributed by atoms with Crippen LogP contribution in [0.1, 0.15) is 63.8 Å². The van der Waals surface area contributed by atoms with Crippen molar-refractivity contribution in [2.45, 2.75) is 32.6 Å². The van der Waals surface area contributed by atoms with Gasteiger partial charge >= 0.3 is 0 Å². The van der Waals surface area contributed by atoms with E-state index in [0.717, 1.165) is 30.8 Å². The second-order valence-corrected chi connectivity index (χ2v) is 12.8. The van der Waals surface area contributed by atoms with E-state index in [-0.39, 0.29) is 29.9 Å². The topological polar surface area (TPSA) is 103 Å². The zero-order valence-corrected chi connectivity index (χ0v) is 26.2. The molecule has 10 nitrogen and oxygen atoms in total. The Kier molecular flexibility index (Phi) is 8.67. The van der Waals surface area contributed by atoms with Crippen molar-refractivity contribution in [2.75, 3.05) is 69.4 Å². The second-order valence-electron chi connectivity index (χ2n) is 12.8. The van der Waals surface area contributed by atoms with Gasteiger partial charge in [0.15, 0.2) is 11.5 Å². The molecule has 3 amide bonds. The number of hydrogen-bond donors (Lipinski definition) is 2. The highest BCUT2D eigenvalue weighted by atomic mass is 16.7. The van der Waals surface area contributed by atoms with Crippen molar-refractivity contribution in [1.82, 2.24) is 15.1 Å². The zero-order valence-electron chi connectivity index (χ0n) is 26.2. The van der Waals surface area contributed by atoms with Crippen LogP contribution in [0.15, 0.2) is 60.7 Å². The first kappa shape index (κ1) is 30.5. The van der Waals surface area contributed by atoms with Crippen LogP contribution in [0.4, 0.5) is 11.4 Å². The molecule has 2 saturated heterocycles. The van der Waals surface area contributed by atoms with Crippen LogP contribution in [0.25, 0.3) is 0 Å². The molecular formula is C35H41N5O5. The number of ether oxygens (including phenoxy) is 2. The largest absolute Gasteiger partial charge is 0.454 e. The fourth-order valence-corrected chi connectivity index (χ4v) is 5.99. The Morgan fingerprint density at radius 3 is 2.09 bits per heavy atom. The van der Waals surface area contributed by atoms with Gasteiger partial charge in [-0.2, -0.15) is 0 Å². The van der Waals surface area contributed by atoms with E-state index in [1.54, 1.807) is 24.3 Å². The molecule has 3 heterocycles. The van der Waals surface area contributed by atoms with E-state index in [4.69, 9.17) is 9.47 Å². The van der Waals surface area contributed by atoms with Crippen molar-refractivity contribution in [3.05, 3.63) is 82.9 Å². The van der Waals surface area contributed by atoms with Gasteiger partial charge in [-0.1, -0.05) is 32.9 Å². The lowest BCUT2D eigenvalue weighted by molar-refractivity contribution is 0.0734. The standard InChI is InChI=1S/C35H41N5O5/c1-35(2,3)27-9-5-24(6-10-27)32(41)37-28-21-25(33(42)40-17-13-36-14-18-40)7-11-29(28)38-15-4-16-39(20-19-38)34(43)26-8-12-30-31(22-26)45-23-44-30/h5-12,21-22,36H,4,13-20,23H2,1-3H3,(H,37,41). The van der Waals surface area contributed by atoms with Crippen LogP contribution in [0, 0.1) is 0 Å². The van der Waals surface area contributed by atoms with Gasteiger partial charge < -0.3 is 34.8 Å². The number of anilines is 2. The molecule has 0 saturated carbocycles. The Morgan fingerprint density at radius 2 is 1.36 bits per heavy atom. The van der Waals surface area contributed by atoms with Crippen LogP contribution in [0.5, 0.6) is 11.5 Å². The second kappa shape index (κ2) is 12.8. The molecule has 6 rings (SSSR count). The Labute approximate surface area is 264 Å². The maximum atomic E-state index is 13.5. The minimum absolute atomic E-state index is 0.0222. The van der Waals surface area contributed by atoms with E-state index in [1.807, 2.05) is 46.2 Å². The van der Waals surface area contributed by atoms with Crippen molar-refractivity contribution in [3.8, 4) is 11.5 Å². The molecule has 0 aromatic heterocycles. The van der Waals surface area contributed by atoms with Crippen LogP contribution in [0.3, 0.4) is 0 Å². The maximum Gasteiger partial charge on any atom is 0.255 e. The van der Waals surface area contributed by atoms with Crippen LogP contribution in [-0.4, -0.2) is 86.7 Å². The summed E-state index contributed by atoms with van der Waals surface area (Å²) >= 11 is 0. The zero-order chi connectivity index (χ0) is 31.6. The summed E-state index contributed by atoms with van der Waals surface area (Å²) in [5.74, 6) is 0.884. The predicted molar refractivity (Wildman–Crippen MR) is 174 cm³/mol. The van der Waals surface area contributed by atoms with Gasteiger partial charge in [-0.05, 0) is 65.9 Å². The number of nitrogens with zero attached hydrogens (tertiary/aromatic N) is 3. The van der Waals surface area contributed by atoms with Gasteiger partial charge in [0.2, 0.25) is 6.79 Å². The third-order valence-corrected chi connectivity index (χ3v) is 8.65. The van der Waals surface area contributed by atoms with Gasteiger partial charge in [0, 0.05) is 69.0 Å². The first-order chi connectivity index (χ1) is 21.7. The van der Waals surface area contributed by atoms with Crippen LogP contribution in [-0.2, 0) is 5.41 Å². The number of carbonyl (C=O) groups is 3. The number of hydrogen-bond acceptors (Lipinski definition) is 7. The quantitative estimate of drug-likeness (QED) is 0.442. The summed E-state index contributed by atoms with van der Waals surface area (Å²) in [6.07, 6.45) is 0.749. The molecule has 0 bridgehead atoms. The molecule has 0 spiro atoms. The summed E-state index contributed by atoms with van der Waals surface area (Å²) in [5.41, 5.74) is 4.17. The molecule has 0 atom stereocenters. The molecule has 0 aliphatic carbocycles. The van der Waals surface area contributed by atoms with Crippen molar-refractivity contribution >= 4 is 29.1 Å². The number of nitrogens with one attached hydrogen (secondary N) is 2. The summed E-state index contributed by atoms with van der Waals surface area (Å²) in [6, 6.07) is 18.5. The number of fused-ring (bicyclic) bond motifs is 1. The third-order valence-electron chi connectivity index (χ3n) is 8.65. The maximum absolute atomic E-state index is 13.5. The van der Waals surface area contributed by atoms with Crippen LogP contribution >= 0.6 is 0 Å². The number of rotatable bonds is 5. The Bertz CT molecular complexity index is 1580. The number of benzene rings is 3. The third kappa shape index (κ3) is 6.76. The van der Waals surface area contributed by atoms with Crippen molar-refractivity contribution < 1.29 is 23.9 Å². The Morgan fingerprint density at radius 1 is 0.711 bits per heavy atom. The average Bonchev–Trinajstić information content (AvgIpc) is 3.39. The minimum Gasteiger partial charge on any atom is -0.454 e. The van der Waals surface area contributed by atoms with Crippen LogP contribution in [0.2, 0.25) is 0 Å². The van der Waals surface area contributed by atoms with Crippen molar-refractivity contribution in [1.29, 1.82) is 0 Å². The number of piperazine rings is 1. The molecule has 2 fully saturated rings. The van der Waals surface area contributed by atoms with Gasteiger partial charge in [0.05, 0.1) is 11.4 Å². The molecule has 3 aliphatic heterocycles. The number of carbonyl (C=O) groups excluding carboxylic acids is 3. The van der Waals surface area contributed by atoms with Gasteiger partial charge in [-0.25, -0.2) is 0 Å². The fraction of sp³-hybridized carbons (Fsp3) is 0.400. The van der Waals surface area contributed by atoms with E-state index in [0.29, 0.717) is 73.1 Å². The molecule has 0 radical (unpaired) electrons. The molecule has 10 heteroatoms. The summed E-state index contributed by atoms with van der Waals surface area (Å²) < 4.78 is 10.9. The van der Waals surface area contributed by atoms with Gasteiger partial charge in [0.25, 0.3) is 17.7 Å². The fourth-order valence-electron chi connectivity index (χ4n) is 5.99. The highest BCUT2D eigenvalue weighted by Gasteiger charge is 2.26. The number of amides is 3. The molecule has 45 heavy (non-hydrogen) atoms. The molecule has 3 aromatic rings. The lowest BCUT2D eigenvalue weighted by Crippen LogP contribution is -2.46. The molecule has 3 aliphatic rings. The van der Waals surface area contributed by atoms with E-state index in [9.17, 15) is 14.4 Å². The molecule has 2 N–H and O–H groups in total. The van der Waals surface area contributed by atoms with Gasteiger partial charge in [-0.3, -0.25) is 14.4 Å². The first-order valence-electron chi connectivity index (χ1n) is 15.7. The lowest BCUT2D eigenvalue weighted by Gasteiger charge is -2.29. The van der Waals surface area contributed by atoms with E-state index < -0.39 is 0 Å². The monoisotopic (exact) mass is 611 g/mol. The summed E-state index contributed by atoms with van der Waals surface area (Å²) in [6.45, 7) is 11.8. The van der Waals surface area contributed by atoms with E-state index in [2.05, 4.69) is 36.3 Å². The summed E-state index contributed by atoms with van der Waals surface area (Å²) in [5, 5.41) is 6.40. The SMILES string of the molecule is CC(C)(C)c1ccc(C(=O)Nc2cc(C(=O)N3CCNCC3)ccc2N2CCCN(C(=O)c3ccc4c(c3)OCO4)CC2)cc1. The highest BCUT2D eigenvalue weighted by Crippen LogP contribution is 2.34. The lowest BCUT2D eigenvalue weighted by atomic mass is 9.86. The Balaban J connectivity index is 1.23. The molecular weight excluding hydrogens is 570 g/mol. The minimum atomic E-state index is -0.238. The van der Waals surface area contributed by atoms with Gasteiger partial charge in [0.1, 0.15) is 0 Å². The molecule has 3 aromatic carbocycles. The smallest absolute Gasteiger partial charge is 0.255 e. The highest BCUT2D eigenvalue weighted by molar-refractivity contribution is 6.07.